The summed E-state index contributed by atoms with van der Waals surface area (Å²) in [6.45, 7) is 25.4. The number of aryl methyl sites for hydroxylation is 3. The fourth-order valence-corrected chi connectivity index (χ4v) is 17.0. The number of nitrogens with one attached hydrogen (secondary N) is 5. The molecule has 0 unspecified atom stereocenters. The molecular formula is C100H98F6N22O9. The number of oxazole rings is 2. The smallest absolute Gasteiger partial charge is 0.422 e. The molecule has 137 heavy (non-hydrogen) atoms. The lowest BCUT2D eigenvalue weighted by molar-refractivity contribution is -0.153. The van der Waals surface area contributed by atoms with Gasteiger partial charge in [0, 0.05) is 233 Å². The van der Waals surface area contributed by atoms with Crippen LogP contribution >= 0.6 is 0 Å². The first-order valence-electron chi connectivity index (χ1n) is 45.2. The maximum Gasteiger partial charge on any atom is 0.422 e. The molecule has 22 rings (SSSR count). The van der Waals surface area contributed by atoms with Crippen molar-refractivity contribution in [3.63, 3.8) is 0 Å². The summed E-state index contributed by atoms with van der Waals surface area (Å²) in [5, 5.41) is 16.7. The van der Waals surface area contributed by atoms with E-state index in [1.807, 2.05) is 130 Å². The normalized spacial score (nSPS) is 15.4. The minimum Gasteiger partial charge on any atom is -0.491 e. The number of benzene rings is 5. The molecule has 0 amide bonds. The predicted octanol–water partition coefficient (Wildman–Crippen LogP) is 12.2. The summed E-state index contributed by atoms with van der Waals surface area (Å²) in [6.07, 6.45) is 4.56. The largest absolute Gasteiger partial charge is 0.491 e. The van der Waals surface area contributed by atoms with Gasteiger partial charge >= 0.3 is 6.18 Å². The number of alkyl halides is 3. The number of ether oxygens (including phenoxy) is 2. The van der Waals surface area contributed by atoms with Crippen molar-refractivity contribution < 1.29 is 44.7 Å². The molecule has 5 aliphatic heterocycles. The number of piperazine rings is 5. The zero-order valence-electron chi connectivity index (χ0n) is 75.7. The third kappa shape index (κ3) is 21.5. The van der Waals surface area contributed by atoms with Crippen LogP contribution in [0.25, 0.3) is 107 Å². The van der Waals surface area contributed by atoms with Crippen LogP contribution in [0, 0.1) is 38.2 Å². The van der Waals surface area contributed by atoms with E-state index < -0.39 is 30.2 Å². The molecule has 0 saturated carbocycles. The van der Waals surface area contributed by atoms with Gasteiger partial charge in [0.25, 0.3) is 27.8 Å². The van der Waals surface area contributed by atoms with Crippen molar-refractivity contribution in [1.29, 1.82) is 0 Å². The van der Waals surface area contributed by atoms with E-state index in [1.54, 1.807) is 75.7 Å². The highest BCUT2D eigenvalue weighted by Crippen LogP contribution is 2.33. The number of fused-ring (bicyclic) bond motifs is 7. The summed E-state index contributed by atoms with van der Waals surface area (Å²) in [5.41, 5.74) is 15.9. The Morgan fingerprint density at radius 3 is 0.949 bits per heavy atom. The Labute approximate surface area is 779 Å². The van der Waals surface area contributed by atoms with E-state index in [0.29, 0.717) is 92.1 Å². The summed E-state index contributed by atoms with van der Waals surface area (Å²) in [6, 6.07) is 51.1. The van der Waals surface area contributed by atoms with Crippen LogP contribution in [0.4, 0.5) is 54.8 Å². The van der Waals surface area contributed by atoms with Gasteiger partial charge in [-0.05, 0) is 166 Å². The minimum absolute atomic E-state index is 0.0941. The predicted molar refractivity (Wildman–Crippen MR) is 516 cm³/mol. The van der Waals surface area contributed by atoms with Gasteiger partial charge in [0.2, 0.25) is 0 Å². The molecule has 0 aliphatic carbocycles. The average molecular weight is 1870 g/mol. The van der Waals surface area contributed by atoms with Crippen molar-refractivity contribution in [3.8, 4) is 67.8 Å². The maximum atomic E-state index is 14.2. The van der Waals surface area contributed by atoms with E-state index in [-0.39, 0.29) is 50.6 Å². The van der Waals surface area contributed by atoms with Gasteiger partial charge in [0.1, 0.15) is 45.1 Å². The minimum atomic E-state index is -4.57. The number of rotatable bonds is 14. The van der Waals surface area contributed by atoms with Crippen molar-refractivity contribution in [2.24, 2.45) is 0 Å². The standard InChI is InChI=1S/C21H21N5O2.C20H18F4N4O2.C20H21FN4O2.C20H19N5O2.C19H19FN4O/c1-13-11-25(8-7-22-13)16-4-6-20-24-17(10-21(27)26(20)12-16)15-3-5-19-18(9-15)23-14(2)28-19;21-15-9-13(1-3-17(15)30-12-20(22,23)24)16-10-19(29)28-11-14(2-4-18(28)26-16)27-7-5-25-6-8-27;1-2-27-18-5-3-14(11-16(18)21)17-12-20(26)25-13-15(4-6-19(25)23-17)24-9-7-22-8-10-24;1-13-22-17-10-14(2-4-18(17)27-13)16-11-20(26)25-12-15(3-5-19(25)23-16)24-8-6-21-7-9-24;1-13-2-3-14(10-16(13)20)17-11-19(25)24-12-15(4-5-18(24)22-17)23-8-6-21-7-9-23/h3-6,9-10,12-13,22H,7-8,11H2,1-2H3;1-4,9-11,25H,5-8,12H2;3-6,11-13,22H,2,7-10H2,1H3;2-5,10-12,21H,6-9H2,1H3;2-5,10-12,21H,6-9H2,1H3/t13-;;;;/m0..../s1. The van der Waals surface area contributed by atoms with Crippen LogP contribution in [0.5, 0.6) is 11.5 Å². The molecule has 17 aromatic rings. The van der Waals surface area contributed by atoms with Crippen LogP contribution in [0.1, 0.15) is 31.2 Å². The molecule has 5 fully saturated rings. The fraction of sp³-hybridized carbons (Fsp3) is 0.280. The third-order valence-corrected chi connectivity index (χ3v) is 24.1. The molecule has 0 radical (unpaired) electrons. The van der Waals surface area contributed by atoms with E-state index in [2.05, 4.69) is 92.6 Å². The molecule has 5 N–H and O–H groups in total. The molecular weight excluding hydrogens is 1770 g/mol. The molecule has 5 aromatic carbocycles. The first-order chi connectivity index (χ1) is 66.3. The Morgan fingerprint density at radius 2 is 0.642 bits per heavy atom. The number of aromatic nitrogens is 12. The quantitative estimate of drug-likeness (QED) is 0.0632. The van der Waals surface area contributed by atoms with Crippen molar-refractivity contribution >= 4 is 78.9 Å². The SMILES string of the molecule is CCOc1ccc(-c2cc(=O)n3cc(N4CCNCC4)ccc3n2)cc1F.Cc1ccc(-c2cc(=O)n3cc(N4CCNCC4)ccc3n2)cc1F.Cc1nc2cc(-c3cc(=O)n4cc(N5CCNCC5)ccc4n3)ccc2o1.Cc1nc2cc(-c3cc(=O)n4cc(N5CCN[C@@H](C)C5)ccc4n3)ccc2o1.O=c1cc(-c2ccc(OCC(F)(F)F)c(F)c2)nc2ccc(N3CCNCC3)cn12. The van der Waals surface area contributed by atoms with E-state index in [9.17, 15) is 50.3 Å². The number of anilines is 5. The Bertz CT molecular complexity index is 7670. The summed E-state index contributed by atoms with van der Waals surface area (Å²) >= 11 is 0. The van der Waals surface area contributed by atoms with Crippen LogP contribution in [-0.2, 0) is 0 Å². The zero-order chi connectivity index (χ0) is 95.1. The number of hydrogen-bond donors (Lipinski definition) is 5. The van der Waals surface area contributed by atoms with E-state index >= 15 is 0 Å². The molecule has 0 spiro atoms. The number of hydrogen-bond acceptors (Lipinski definition) is 26. The molecule has 5 aliphatic rings. The van der Waals surface area contributed by atoms with Crippen molar-refractivity contribution in [2.45, 2.75) is 46.8 Å². The fourth-order valence-electron chi connectivity index (χ4n) is 17.0. The van der Waals surface area contributed by atoms with Crippen LogP contribution in [0.15, 0.2) is 246 Å². The second kappa shape index (κ2) is 40.6. The van der Waals surface area contributed by atoms with Gasteiger partial charge in [0.15, 0.2) is 52.7 Å². The molecule has 0 bridgehead atoms. The van der Waals surface area contributed by atoms with Gasteiger partial charge in [-0.3, -0.25) is 46.0 Å². The number of halogens is 6. The Hall–Kier alpha value is -15.2. The average Bonchev–Trinajstić information content (AvgIpc) is 1.77. The maximum absolute atomic E-state index is 14.2. The Morgan fingerprint density at radius 1 is 0.350 bits per heavy atom. The highest BCUT2D eigenvalue weighted by Gasteiger charge is 2.30. The van der Waals surface area contributed by atoms with Crippen LogP contribution in [-0.4, -0.2) is 207 Å². The first-order valence-corrected chi connectivity index (χ1v) is 45.2. The Balaban J connectivity index is 0.000000114. The van der Waals surface area contributed by atoms with Crippen LogP contribution < -0.4 is 88.4 Å². The van der Waals surface area contributed by atoms with E-state index in [1.165, 1.54) is 45.2 Å². The second-order valence-electron chi connectivity index (χ2n) is 33.6. The summed E-state index contributed by atoms with van der Waals surface area (Å²) in [7, 11) is 0. The number of pyridine rings is 5. The second-order valence-corrected chi connectivity index (χ2v) is 33.6. The third-order valence-electron chi connectivity index (χ3n) is 24.1. The van der Waals surface area contributed by atoms with Gasteiger partial charge in [-0.1, -0.05) is 12.1 Å². The van der Waals surface area contributed by atoms with Gasteiger partial charge in [-0.15, -0.1) is 0 Å². The lowest BCUT2D eigenvalue weighted by Crippen LogP contribution is -2.49. The molecule has 31 nitrogen and oxygen atoms in total. The highest BCUT2D eigenvalue weighted by atomic mass is 19.4. The van der Waals surface area contributed by atoms with E-state index in [4.69, 9.17) is 18.6 Å². The monoisotopic (exact) mass is 1860 g/mol. The van der Waals surface area contributed by atoms with Gasteiger partial charge in [0.05, 0.1) is 63.5 Å². The number of nitrogens with zero attached hydrogens (tertiary/aromatic N) is 17. The lowest BCUT2D eigenvalue weighted by Gasteiger charge is -2.33. The van der Waals surface area contributed by atoms with Gasteiger partial charge < -0.3 is 69.4 Å². The van der Waals surface area contributed by atoms with Crippen molar-refractivity contribution in [2.75, 3.05) is 162 Å². The van der Waals surface area contributed by atoms with Gasteiger partial charge in [-0.2, -0.15) is 13.2 Å². The molecule has 17 heterocycles. The van der Waals surface area contributed by atoms with Crippen LogP contribution in [0.2, 0.25) is 0 Å². The van der Waals surface area contributed by atoms with Gasteiger partial charge in [-0.25, -0.2) is 48.1 Å². The zero-order valence-corrected chi connectivity index (χ0v) is 75.7. The van der Waals surface area contributed by atoms with Crippen molar-refractivity contribution in [3.05, 3.63) is 300 Å². The summed E-state index contributed by atoms with van der Waals surface area (Å²) in [4.78, 5) is 106. The molecule has 704 valence electrons. The topological polar surface area (TPSA) is 319 Å². The first kappa shape index (κ1) is 92.3. The lowest BCUT2D eigenvalue weighted by atomic mass is 10.1. The molecule has 5 saturated heterocycles. The molecule has 1 atom stereocenters. The molecule has 37 heteroatoms. The van der Waals surface area contributed by atoms with Crippen LogP contribution in [0.3, 0.4) is 0 Å². The van der Waals surface area contributed by atoms with Crippen molar-refractivity contribution in [1.82, 2.24) is 83.5 Å². The highest BCUT2D eigenvalue weighted by molar-refractivity contribution is 5.81. The summed E-state index contributed by atoms with van der Waals surface area (Å²) < 4.78 is 107. The summed E-state index contributed by atoms with van der Waals surface area (Å²) in [5.74, 6) is -0.817. The molecule has 12 aromatic heterocycles. The van der Waals surface area contributed by atoms with E-state index in [0.717, 1.165) is 198 Å². The Kier molecular flexibility index (Phi) is 27.3.